The van der Waals surface area contributed by atoms with Crippen LogP contribution in [-0.2, 0) is 11.3 Å². The molecular weight excluding hydrogens is 272 g/mol. The molecule has 0 unspecified atom stereocenters. The molecule has 0 aromatic heterocycles. The summed E-state index contributed by atoms with van der Waals surface area (Å²) in [7, 11) is 0. The number of rotatable bonds is 8. The molecule has 0 saturated heterocycles. The van der Waals surface area contributed by atoms with Crippen LogP contribution in [0.15, 0.2) is 30.3 Å². The van der Waals surface area contributed by atoms with Crippen molar-refractivity contribution in [3.05, 3.63) is 35.9 Å². The van der Waals surface area contributed by atoms with Crippen molar-refractivity contribution in [2.45, 2.75) is 32.7 Å². The van der Waals surface area contributed by atoms with E-state index in [1.165, 1.54) is 4.90 Å². The Kier molecular flexibility index (Phi) is 7.25. The third-order valence-corrected chi connectivity index (χ3v) is 3.09. The minimum Gasteiger partial charge on any atom is -0.465 e. The fourth-order valence-electron chi connectivity index (χ4n) is 1.84. The van der Waals surface area contributed by atoms with Crippen LogP contribution in [0.25, 0.3) is 0 Å². The largest absolute Gasteiger partial charge is 0.465 e. The first kappa shape index (κ1) is 17.0. The van der Waals surface area contributed by atoms with E-state index in [9.17, 15) is 14.8 Å². The molecule has 6 nitrogen and oxygen atoms in total. The Hall–Kier alpha value is -2.08. The number of unbranched alkanes of at least 4 members (excludes halogenated alkanes) is 1. The van der Waals surface area contributed by atoms with Gasteiger partial charge in [-0.15, -0.1) is 0 Å². The van der Waals surface area contributed by atoms with Gasteiger partial charge in [-0.1, -0.05) is 43.7 Å². The number of benzene rings is 1. The maximum Gasteiger partial charge on any atom is 0.407 e. The van der Waals surface area contributed by atoms with Gasteiger partial charge in [0.1, 0.15) is 0 Å². The molecule has 1 aromatic rings. The van der Waals surface area contributed by atoms with Crippen LogP contribution in [0.5, 0.6) is 0 Å². The molecular formula is C15H22N2O4. The number of nitrogens with zero attached hydrogens (tertiary/aromatic N) is 2. The summed E-state index contributed by atoms with van der Waals surface area (Å²) in [6.45, 7) is 2.53. The van der Waals surface area contributed by atoms with Gasteiger partial charge in [-0.3, -0.25) is 10.0 Å². The van der Waals surface area contributed by atoms with Crippen molar-refractivity contribution in [3.8, 4) is 0 Å². The minimum absolute atomic E-state index is 0.0284. The van der Waals surface area contributed by atoms with Gasteiger partial charge >= 0.3 is 6.09 Å². The Morgan fingerprint density at radius 1 is 1.14 bits per heavy atom. The van der Waals surface area contributed by atoms with E-state index in [0.717, 1.165) is 18.4 Å². The lowest BCUT2D eigenvalue weighted by Crippen LogP contribution is -2.35. The zero-order chi connectivity index (χ0) is 15.7. The molecule has 2 N–H and O–H groups in total. The quantitative estimate of drug-likeness (QED) is 0.570. The number of hydroxylamine groups is 2. The second-order valence-electron chi connectivity index (χ2n) is 4.81. The molecule has 21 heavy (non-hydrogen) atoms. The van der Waals surface area contributed by atoms with E-state index in [1.807, 2.05) is 37.3 Å². The van der Waals surface area contributed by atoms with Crippen LogP contribution in [0.2, 0.25) is 0 Å². The van der Waals surface area contributed by atoms with Crippen molar-refractivity contribution < 1.29 is 19.9 Å². The SMILES string of the molecule is CCCCN(O)C(=O)CCN(Cc1ccccc1)C(=O)O. The number of carbonyl (C=O) groups is 2. The summed E-state index contributed by atoms with van der Waals surface area (Å²) in [4.78, 5) is 24.0. The normalized spacial score (nSPS) is 10.2. The average molecular weight is 294 g/mol. The van der Waals surface area contributed by atoms with Gasteiger partial charge in [-0.2, -0.15) is 0 Å². The van der Waals surface area contributed by atoms with E-state index < -0.39 is 12.0 Å². The highest BCUT2D eigenvalue weighted by Crippen LogP contribution is 2.06. The van der Waals surface area contributed by atoms with E-state index in [0.29, 0.717) is 5.06 Å². The number of amides is 2. The Labute approximate surface area is 124 Å². The predicted molar refractivity (Wildman–Crippen MR) is 77.9 cm³/mol. The molecule has 116 valence electrons. The van der Waals surface area contributed by atoms with Crippen LogP contribution >= 0.6 is 0 Å². The lowest BCUT2D eigenvalue weighted by molar-refractivity contribution is -0.165. The van der Waals surface area contributed by atoms with E-state index in [1.54, 1.807) is 0 Å². The number of hydrogen-bond acceptors (Lipinski definition) is 3. The molecule has 0 atom stereocenters. The van der Waals surface area contributed by atoms with Crippen molar-refractivity contribution in [1.82, 2.24) is 9.96 Å². The Balaban J connectivity index is 2.48. The summed E-state index contributed by atoms with van der Waals surface area (Å²) in [5.41, 5.74) is 0.860. The highest BCUT2D eigenvalue weighted by Gasteiger charge is 2.16. The van der Waals surface area contributed by atoms with E-state index in [2.05, 4.69) is 0 Å². The Bertz CT molecular complexity index is 450. The van der Waals surface area contributed by atoms with Gasteiger partial charge in [0, 0.05) is 26.1 Å². The van der Waals surface area contributed by atoms with Crippen molar-refractivity contribution in [2.75, 3.05) is 13.1 Å². The van der Waals surface area contributed by atoms with Crippen LogP contribution in [0.3, 0.4) is 0 Å². The monoisotopic (exact) mass is 294 g/mol. The molecule has 6 heteroatoms. The molecule has 0 heterocycles. The van der Waals surface area contributed by atoms with Crippen LogP contribution in [-0.4, -0.2) is 45.4 Å². The number of carbonyl (C=O) groups excluding carboxylic acids is 1. The summed E-state index contributed by atoms with van der Waals surface area (Å²) in [5.74, 6) is -0.456. The minimum atomic E-state index is -1.08. The second-order valence-corrected chi connectivity index (χ2v) is 4.81. The summed E-state index contributed by atoms with van der Waals surface area (Å²) in [6, 6.07) is 9.19. The second kappa shape index (κ2) is 8.97. The molecule has 1 aromatic carbocycles. The fraction of sp³-hybridized carbons (Fsp3) is 0.467. The summed E-state index contributed by atoms with van der Waals surface area (Å²) in [6.07, 6.45) is 0.484. The average Bonchev–Trinajstić information content (AvgIpc) is 2.49. The molecule has 0 aliphatic rings. The maximum atomic E-state index is 11.7. The number of carboxylic acid groups (broad SMARTS) is 1. The van der Waals surface area contributed by atoms with Crippen LogP contribution in [0.4, 0.5) is 4.79 Å². The summed E-state index contributed by atoms with van der Waals surface area (Å²) in [5, 5.41) is 19.3. The zero-order valence-corrected chi connectivity index (χ0v) is 12.2. The molecule has 1 rings (SSSR count). The van der Waals surface area contributed by atoms with Gasteiger partial charge in [0.15, 0.2) is 0 Å². The molecule has 2 amide bonds. The molecule has 0 aliphatic heterocycles. The van der Waals surface area contributed by atoms with Crippen molar-refractivity contribution in [3.63, 3.8) is 0 Å². The van der Waals surface area contributed by atoms with Gasteiger partial charge in [0.2, 0.25) is 5.91 Å². The molecule has 0 spiro atoms. The van der Waals surface area contributed by atoms with Crippen LogP contribution in [0.1, 0.15) is 31.7 Å². The standard InChI is InChI=1S/C15H22N2O4/c1-2-3-10-17(21)14(18)9-11-16(15(19)20)12-13-7-5-4-6-8-13/h4-8,21H,2-3,9-12H2,1H3,(H,19,20). The summed E-state index contributed by atoms with van der Waals surface area (Å²) >= 11 is 0. The highest BCUT2D eigenvalue weighted by molar-refractivity contribution is 5.75. The van der Waals surface area contributed by atoms with Gasteiger partial charge in [-0.05, 0) is 12.0 Å². The lowest BCUT2D eigenvalue weighted by Gasteiger charge is -2.20. The molecule has 0 saturated carbocycles. The van der Waals surface area contributed by atoms with Gasteiger partial charge in [-0.25, -0.2) is 9.86 Å². The lowest BCUT2D eigenvalue weighted by atomic mass is 10.2. The third kappa shape index (κ3) is 6.27. The smallest absolute Gasteiger partial charge is 0.407 e. The van der Waals surface area contributed by atoms with Gasteiger partial charge in [0.25, 0.3) is 0 Å². The maximum absolute atomic E-state index is 11.7. The van der Waals surface area contributed by atoms with Gasteiger partial charge < -0.3 is 10.0 Å². The molecule has 0 radical (unpaired) electrons. The molecule has 0 bridgehead atoms. The topological polar surface area (TPSA) is 81.1 Å². The third-order valence-electron chi connectivity index (χ3n) is 3.09. The highest BCUT2D eigenvalue weighted by atomic mass is 16.5. The predicted octanol–water partition coefficient (Wildman–Crippen LogP) is 2.57. The molecule has 0 fully saturated rings. The van der Waals surface area contributed by atoms with Crippen molar-refractivity contribution >= 4 is 12.0 Å². The van der Waals surface area contributed by atoms with Crippen LogP contribution in [0, 0.1) is 0 Å². The molecule has 0 aliphatic carbocycles. The zero-order valence-electron chi connectivity index (χ0n) is 12.2. The number of hydrogen-bond donors (Lipinski definition) is 2. The fourth-order valence-corrected chi connectivity index (χ4v) is 1.84. The van der Waals surface area contributed by atoms with Gasteiger partial charge in [0.05, 0.1) is 0 Å². The van der Waals surface area contributed by atoms with Crippen molar-refractivity contribution in [1.29, 1.82) is 0 Å². The van der Waals surface area contributed by atoms with E-state index in [-0.39, 0.29) is 26.1 Å². The first-order valence-electron chi connectivity index (χ1n) is 7.05. The Morgan fingerprint density at radius 2 is 1.81 bits per heavy atom. The first-order valence-corrected chi connectivity index (χ1v) is 7.05. The van der Waals surface area contributed by atoms with Crippen LogP contribution < -0.4 is 0 Å². The summed E-state index contributed by atoms with van der Waals surface area (Å²) < 4.78 is 0. The van der Waals surface area contributed by atoms with E-state index >= 15 is 0 Å². The Morgan fingerprint density at radius 3 is 2.38 bits per heavy atom. The van der Waals surface area contributed by atoms with Crippen molar-refractivity contribution in [2.24, 2.45) is 0 Å². The van der Waals surface area contributed by atoms with E-state index in [4.69, 9.17) is 5.11 Å². The first-order chi connectivity index (χ1) is 10.0.